The second-order valence-corrected chi connectivity index (χ2v) is 18.9. The van der Waals surface area contributed by atoms with E-state index >= 15 is 0 Å². The van der Waals surface area contributed by atoms with E-state index in [9.17, 15) is 19.2 Å². The molecule has 0 unspecified atom stereocenters. The molecule has 7 atom stereocenters. The van der Waals surface area contributed by atoms with Crippen LogP contribution in [0.5, 0.6) is 5.75 Å². The predicted molar refractivity (Wildman–Crippen MR) is 242 cm³/mol. The highest BCUT2D eigenvalue weighted by Gasteiger charge is 2.49. The van der Waals surface area contributed by atoms with Gasteiger partial charge in [-0.3, -0.25) is 9.59 Å². The molecule has 16 heteroatoms. The lowest BCUT2D eigenvalue weighted by Crippen LogP contribution is -2.54. The van der Waals surface area contributed by atoms with Gasteiger partial charge in [0.1, 0.15) is 36.1 Å². The van der Waals surface area contributed by atoms with Gasteiger partial charge in [0, 0.05) is 36.2 Å². The van der Waals surface area contributed by atoms with Crippen LogP contribution in [-0.4, -0.2) is 105 Å². The number of hydrogen-bond acceptors (Lipinski definition) is 10. The van der Waals surface area contributed by atoms with Crippen molar-refractivity contribution in [2.45, 2.75) is 115 Å². The van der Waals surface area contributed by atoms with E-state index in [1.54, 1.807) is 0 Å². The molecule has 65 heavy (non-hydrogen) atoms. The molecule has 5 aromatic rings. The fraction of sp³-hybridized carbons (Fsp3) is 0.510. The zero-order chi connectivity index (χ0) is 45.1. The number of likely N-dealkylation sites (tertiary alicyclic amines) is 2. The minimum Gasteiger partial charge on any atom is -0.488 e. The van der Waals surface area contributed by atoms with Crippen LogP contribution in [0.15, 0.2) is 48.7 Å². The van der Waals surface area contributed by atoms with Crippen molar-refractivity contribution in [1.82, 2.24) is 40.4 Å². The molecule has 4 N–H and O–H groups in total. The van der Waals surface area contributed by atoms with Gasteiger partial charge in [0.25, 0.3) is 0 Å². The molecule has 4 fully saturated rings. The van der Waals surface area contributed by atoms with Crippen molar-refractivity contribution in [3.8, 4) is 28.1 Å². The van der Waals surface area contributed by atoms with Crippen molar-refractivity contribution >= 4 is 45.8 Å². The first kappa shape index (κ1) is 42.8. The van der Waals surface area contributed by atoms with Gasteiger partial charge in [0.05, 0.1) is 49.2 Å². The Morgan fingerprint density at radius 2 is 1.63 bits per heavy atom. The molecule has 0 bridgehead atoms. The predicted octanol–water partition coefficient (Wildman–Crippen LogP) is 7.69. The highest BCUT2D eigenvalue weighted by Crippen LogP contribution is 2.48. The van der Waals surface area contributed by atoms with E-state index in [1.165, 1.54) is 14.2 Å². The fourth-order valence-electron chi connectivity index (χ4n) is 11.4. The first-order chi connectivity index (χ1) is 31.5. The summed E-state index contributed by atoms with van der Waals surface area (Å²) in [6.45, 7) is 7.41. The molecule has 6 heterocycles. The van der Waals surface area contributed by atoms with Crippen LogP contribution in [0.25, 0.3) is 44.2 Å². The Labute approximate surface area is 377 Å². The number of amides is 4. The second kappa shape index (κ2) is 17.3. The van der Waals surface area contributed by atoms with E-state index in [1.807, 2.05) is 35.9 Å². The summed E-state index contributed by atoms with van der Waals surface area (Å²) < 4.78 is 21.9. The number of alkyl carbamates (subject to hydrolysis) is 2. The number of nitrogens with one attached hydrogen (secondary N) is 4. The van der Waals surface area contributed by atoms with Gasteiger partial charge in [-0.25, -0.2) is 19.6 Å². The van der Waals surface area contributed by atoms with Gasteiger partial charge in [0.2, 0.25) is 11.8 Å². The molecular formula is C49H58N8O8. The maximum Gasteiger partial charge on any atom is 0.407 e. The molecule has 1 aliphatic carbocycles. The zero-order valence-corrected chi connectivity index (χ0v) is 37.6. The molecule has 5 aliphatic rings. The number of methoxy groups -OCH3 is 2. The number of benzene rings is 3. The molecule has 10 rings (SSSR count). The number of rotatable bonds is 9. The van der Waals surface area contributed by atoms with E-state index in [0.29, 0.717) is 38.6 Å². The molecular weight excluding hydrogens is 829 g/mol. The van der Waals surface area contributed by atoms with Crippen molar-refractivity contribution in [3.63, 3.8) is 0 Å². The average molecular weight is 887 g/mol. The molecule has 0 spiro atoms. The Balaban J connectivity index is 0.906. The number of H-pyrrole nitrogens is 2. The van der Waals surface area contributed by atoms with Crippen molar-refractivity contribution < 1.29 is 38.1 Å². The number of ether oxygens (including phenoxy) is 4. The van der Waals surface area contributed by atoms with Gasteiger partial charge in [0.15, 0.2) is 0 Å². The molecule has 4 amide bonds. The number of carbonyl (C=O) groups is 4. The lowest BCUT2D eigenvalue weighted by Gasteiger charge is -2.36. The summed E-state index contributed by atoms with van der Waals surface area (Å²) in [5.74, 6) is 2.24. The normalized spacial score (nSPS) is 23.8. The standard InChI is InChI=1S/C49H58N8O8/c1-25(2)41(54-48(60)62-4)46(58)57-37-8-6-7-30(37)21-39(57)44-50-23-36(52-44)29-10-12-32-31(19-29)24-65-40-22-33-28(20-34(32)40)11-13-35-43(33)53-45(51-35)38-14-9-26(3)56(38)47(59)42(55-49(61)63-5)27-15-17-64-18-16-27/h10-13,19-20,22-23,25-27,30,37-39,41-42H,6-9,14-18,21,24H2,1-5H3,(H,50,52)(H,51,53)(H,54,60)(H,55,61)/t26-,30-,37-,38-,39-,41-,42-/m0/s1. The summed E-state index contributed by atoms with van der Waals surface area (Å²) in [6.07, 6.45) is 7.45. The highest BCUT2D eigenvalue weighted by atomic mass is 16.5. The highest BCUT2D eigenvalue weighted by molar-refractivity contribution is 6.07. The maximum atomic E-state index is 14.4. The van der Waals surface area contributed by atoms with Crippen LogP contribution in [0.2, 0.25) is 0 Å². The van der Waals surface area contributed by atoms with E-state index in [-0.39, 0.29) is 47.8 Å². The summed E-state index contributed by atoms with van der Waals surface area (Å²) in [4.78, 5) is 74.4. The summed E-state index contributed by atoms with van der Waals surface area (Å²) >= 11 is 0. The Hall–Kier alpha value is -6.16. The maximum absolute atomic E-state index is 14.4. The number of fused-ring (bicyclic) bond motifs is 7. The topological polar surface area (TPSA) is 193 Å². The van der Waals surface area contributed by atoms with Crippen molar-refractivity contribution in [3.05, 3.63) is 65.9 Å². The van der Waals surface area contributed by atoms with Gasteiger partial charge >= 0.3 is 12.2 Å². The monoisotopic (exact) mass is 886 g/mol. The Morgan fingerprint density at radius 3 is 2.42 bits per heavy atom. The summed E-state index contributed by atoms with van der Waals surface area (Å²) in [7, 11) is 2.63. The van der Waals surface area contributed by atoms with E-state index < -0.39 is 24.3 Å². The van der Waals surface area contributed by atoms with Crippen molar-refractivity contribution in [2.75, 3.05) is 27.4 Å². The third kappa shape index (κ3) is 7.72. The van der Waals surface area contributed by atoms with Crippen LogP contribution < -0.4 is 15.4 Å². The fourth-order valence-corrected chi connectivity index (χ4v) is 11.4. The quantitative estimate of drug-likeness (QED) is 0.114. The molecule has 3 saturated heterocycles. The number of imidazole rings is 2. The van der Waals surface area contributed by atoms with E-state index in [0.717, 1.165) is 106 Å². The van der Waals surface area contributed by atoms with Crippen molar-refractivity contribution in [1.29, 1.82) is 0 Å². The minimum absolute atomic E-state index is 0.0375. The number of aromatic nitrogens is 4. The van der Waals surface area contributed by atoms with Gasteiger partial charge < -0.3 is 49.3 Å². The van der Waals surface area contributed by atoms with Crippen LogP contribution in [-0.2, 0) is 30.4 Å². The smallest absolute Gasteiger partial charge is 0.407 e. The van der Waals surface area contributed by atoms with Crippen LogP contribution in [0.3, 0.4) is 0 Å². The molecule has 2 aromatic heterocycles. The average Bonchev–Trinajstić information content (AvgIpc) is 4.18. The Morgan fingerprint density at radius 1 is 0.831 bits per heavy atom. The minimum atomic E-state index is -0.721. The number of hydrogen-bond donors (Lipinski definition) is 4. The van der Waals surface area contributed by atoms with Gasteiger partial charge in [-0.15, -0.1) is 0 Å². The summed E-state index contributed by atoms with van der Waals surface area (Å²) in [6, 6.07) is 12.9. The van der Waals surface area contributed by atoms with Gasteiger partial charge in [-0.2, -0.15) is 0 Å². The summed E-state index contributed by atoms with van der Waals surface area (Å²) in [5, 5.41) is 7.65. The van der Waals surface area contributed by atoms with E-state index in [2.05, 4.69) is 63.9 Å². The first-order valence-corrected chi connectivity index (χ1v) is 23.2. The molecule has 4 aliphatic heterocycles. The third-order valence-corrected chi connectivity index (χ3v) is 14.8. The van der Waals surface area contributed by atoms with Crippen LogP contribution in [0.4, 0.5) is 9.59 Å². The lowest BCUT2D eigenvalue weighted by molar-refractivity contribution is -0.139. The van der Waals surface area contributed by atoms with Crippen LogP contribution in [0, 0.1) is 17.8 Å². The first-order valence-electron chi connectivity index (χ1n) is 23.2. The summed E-state index contributed by atoms with van der Waals surface area (Å²) in [5.41, 5.74) is 6.66. The SMILES string of the molecule is COC(=O)N[C@H](C(=O)N1[C@H](c2ncc(-c3ccc4c(c3)COc3cc5c(ccc6nc([C@@H]7CC[C@H](C)N7C(=O)[C@@H](NC(=O)OC)C7CCOCC7)[nH]c65)cc3-4)[nH]2)C[C@@H]2CCC[C@@H]21)C(C)C. The third-order valence-electron chi connectivity index (χ3n) is 14.8. The molecule has 342 valence electrons. The molecule has 0 radical (unpaired) electrons. The van der Waals surface area contributed by atoms with Crippen LogP contribution >= 0.6 is 0 Å². The Bertz CT molecular complexity index is 2650. The van der Waals surface area contributed by atoms with Gasteiger partial charge in [-0.1, -0.05) is 38.5 Å². The largest absolute Gasteiger partial charge is 0.488 e. The number of aromatic amines is 2. The lowest BCUT2D eigenvalue weighted by atomic mass is 9.90. The van der Waals surface area contributed by atoms with Crippen LogP contribution in [0.1, 0.15) is 101 Å². The Kier molecular flexibility index (Phi) is 11.4. The molecule has 16 nitrogen and oxygen atoms in total. The molecule has 3 aromatic carbocycles. The molecule has 1 saturated carbocycles. The van der Waals surface area contributed by atoms with E-state index in [4.69, 9.17) is 28.9 Å². The zero-order valence-electron chi connectivity index (χ0n) is 37.6. The number of carbonyl (C=O) groups excluding carboxylic acids is 4. The second-order valence-electron chi connectivity index (χ2n) is 18.9. The van der Waals surface area contributed by atoms with Gasteiger partial charge in [-0.05, 0) is 116 Å². The number of nitrogens with zero attached hydrogens (tertiary/aromatic N) is 4. The van der Waals surface area contributed by atoms with Crippen molar-refractivity contribution in [2.24, 2.45) is 17.8 Å².